The molecule has 0 aliphatic carbocycles. The molecule has 65 heavy (non-hydrogen) atoms. The molecule has 0 saturated heterocycles. The van der Waals surface area contributed by atoms with E-state index in [0.717, 1.165) is 0 Å². The lowest BCUT2D eigenvalue weighted by atomic mass is 10.0. The Morgan fingerprint density at radius 1 is 0.123 bits per heavy atom. The molecule has 0 bridgehead atoms. The van der Waals surface area contributed by atoms with Crippen molar-refractivity contribution < 1.29 is 193 Å². The van der Waals surface area contributed by atoms with E-state index in [1.807, 2.05) is 0 Å². The van der Waals surface area contributed by atoms with Gasteiger partial charge in [0, 0.05) is 0 Å². The van der Waals surface area contributed by atoms with Crippen molar-refractivity contribution in [1.29, 1.82) is 0 Å². The highest BCUT2D eigenvalue weighted by Crippen LogP contribution is 2.76. The van der Waals surface area contributed by atoms with Crippen LogP contribution in [-0.4, -0.2) is 126 Å². The highest BCUT2D eigenvalue weighted by Gasteiger charge is 3.13. The fourth-order valence-electron chi connectivity index (χ4n) is 4.41. The van der Waals surface area contributed by atoms with Crippen molar-refractivity contribution in [1.82, 2.24) is 0 Å². The van der Waals surface area contributed by atoms with Crippen molar-refractivity contribution >= 4 is 8.07 Å². The van der Waals surface area contributed by atoms with Gasteiger partial charge in [0.2, 0.25) is 0 Å². The van der Waals surface area contributed by atoms with Crippen molar-refractivity contribution in [2.45, 2.75) is 118 Å². The molecule has 0 aliphatic rings. The molecular formula is C20F44Si. The Morgan fingerprint density at radius 2 is 0.215 bits per heavy atom. The maximum Gasteiger partial charge on any atom is 0.460 e. The zero-order valence-electron chi connectivity index (χ0n) is 27.1. The minimum Gasteiger partial charge on any atom is -0.204 e. The molecule has 0 atom stereocenters. The Kier molecular flexibility index (Phi) is 13.9. The first-order valence-corrected chi connectivity index (χ1v) is 15.3. The molecular weight excluding hydrogens is 1100 g/mol. The standard InChI is InChI=1S/C20F44Si/c21-1(22,5(29,30)13(45,46)47)9(37,38)17(57,58)65(18(59,60)10(39,40)2(23,24)6(31,32)14(48,49)50,19(61,62)11(41,42)3(25,26)7(33,34)15(51,52)53)20(63,64)12(43,44)4(27,28)8(35,36)16(54,55)56. The molecule has 0 N–H and O–H groups in total. The normalized spacial score (nSPS) is 17.5. The van der Waals surface area contributed by atoms with E-state index in [1.54, 1.807) is 0 Å². The van der Waals surface area contributed by atoms with Gasteiger partial charge in [-0.3, -0.25) is 0 Å². The number of hydrogen-bond acceptors (Lipinski definition) is 0. The smallest absolute Gasteiger partial charge is 0.204 e. The number of alkyl halides is 44. The van der Waals surface area contributed by atoms with Gasteiger partial charge in [-0.25, -0.2) is 35.1 Å². The Morgan fingerprint density at radius 3 is 0.292 bits per heavy atom. The van der Waals surface area contributed by atoms with E-state index in [0.29, 0.717) is 0 Å². The van der Waals surface area contributed by atoms with Crippen LogP contribution in [0.4, 0.5) is 193 Å². The van der Waals surface area contributed by atoms with Crippen LogP contribution in [-0.2, 0) is 0 Å². The van der Waals surface area contributed by atoms with Gasteiger partial charge in [0.1, 0.15) is 0 Å². The van der Waals surface area contributed by atoms with Gasteiger partial charge in [-0.05, 0) is 0 Å². The molecule has 392 valence electrons. The highest BCUT2D eigenvalue weighted by molar-refractivity contribution is 6.89. The molecule has 45 heteroatoms. The second-order valence-corrected chi connectivity index (χ2v) is 15.9. The van der Waals surface area contributed by atoms with Crippen molar-refractivity contribution in [3.05, 3.63) is 0 Å². The van der Waals surface area contributed by atoms with Gasteiger partial charge in [-0.1, -0.05) is 0 Å². The van der Waals surface area contributed by atoms with Gasteiger partial charge in [-0.15, -0.1) is 0 Å². The molecule has 0 aromatic heterocycles. The maximum atomic E-state index is 15.5. The third kappa shape index (κ3) is 6.81. The average Bonchev–Trinajstić information content (AvgIpc) is 3.01. The van der Waals surface area contributed by atoms with E-state index in [4.69, 9.17) is 0 Å². The van der Waals surface area contributed by atoms with E-state index in [9.17, 15) is 158 Å². The first-order chi connectivity index (χ1) is 27.0. The number of rotatable bonds is 16. The average molecular weight is 1100 g/mol. The molecule has 0 spiro atoms. The van der Waals surface area contributed by atoms with Gasteiger partial charge >= 0.3 is 126 Å². The van der Waals surface area contributed by atoms with Gasteiger partial charge in [0.05, 0.1) is 0 Å². The molecule has 0 nitrogen and oxygen atoms in total. The number of hydrogen-bond donors (Lipinski definition) is 0. The van der Waals surface area contributed by atoms with Crippen molar-refractivity contribution in [2.24, 2.45) is 0 Å². The summed E-state index contributed by atoms with van der Waals surface area (Å²) in [6.45, 7) is 0. The topological polar surface area (TPSA) is 0 Å². The summed E-state index contributed by atoms with van der Waals surface area (Å²) < 4.78 is 612. The minimum absolute atomic E-state index is 9.35. The second kappa shape index (κ2) is 14.6. The van der Waals surface area contributed by atoms with Crippen LogP contribution in [0.1, 0.15) is 0 Å². The third-order valence-electron chi connectivity index (χ3n) is 8.04. The van der Waals surface area contributed by atoms with Crippen LogP contribution in [0.5, 0.6) is 0 Å². The highest BCUT2D eigenvalue weighted by atomic mass is 28.3. The summed E-state index contributed by atoms with van der Waals surface area (Å²) in [5.41, 5.74) is -49.9. The molecule has 0 aromatic rings. The van der Waals surface area contributed by atoms with Crippen molar-refractivity contribution in [2.75, 3.05) is 0 Å². The predicted octanol–water partition coefficient (Wildman–Crippen LogP) is 14.0. The molecule has 0 saturated carbocycles. The zero-order chi connectivity index (χ0) is 54.5. The first-order valence-electron chi connectivity index (χ1n) is 13.3. The predicted molar refractivity (Wildman–Crippen MR) is 109 cm³/mol. The summed E-state index contributed by atoms with van der Waals surface area (Å²) in [5.74, 6) is -131. The Hall–Kier alpha value is -2.86. The molecule has 0 rings (SSSR count). The Labute approximate surface area is 320 Å². The van der Waals surface area contributed by atoms with Gasteiger partial charge < -0.3 is 0 Å². The number of halogens is 44. The Bertz CT molecular complexity index is 1470. The van der Waals surface area contributed by atoms with E-state index >= 15 is 35.1 Å². The molecule has 0 amide bonds. The third-order valence-corrected chi connectivity index (χ3v) is 13.1. The molecule has 0 fully saturated rings. The van der Waals surface area contributed by atoms with Crippen LogP contribution in [0.3, 0.4) is 0 Å². The van der Waals surface area contributed by atoms with E-state index in [-0.39, 0.29) is 0 Å². The van der Waals surface area contributed by atoms with Crippen molar-refractivity contribution in [3.63, 3.8) is 0 Å². The summed E-state index contributed by atoms with van der Waals surface area (Å²) >= 11 is 0. The summed E-state index contributed by atoms with van der Waals surface area (Å²) in [6, 6.07) is 0. The SMILES string of the molecule is FC(F)(F)C(F)(F)C(F)(F)C(F)(F)C(F)(F)[Si](C(F)(F)C(F)(F)C(F)(F)C(F)(F)C(F)(F)F)(C(F)(F)C(F)(F)C(F)(F)C(F)(F)C(F)(F)F)C(F)(F)C(F)(F)C(F)(F)C(F)(F)C(F)(F)F. The van der Waals surface area contributed by atoms with Crippen LogP contribution >= 0.6 is 0 Å². The van der Waals surface area contributed by atoms with Crippen LogP contribution in [0.15, 0.2) is 0 Å². The molecule has 0 heterocycles. The largest absolute Gasteiger partial charge is 0.460 e. The molecule has 0 aromatic carbocycles. The van der Waals surface area contributed by atoms with E-state index in [2.05, 4.69) is 0 Å². The van der Waals surface area contributed by atoms with E-state index in [1.165, 1.54) is 0 Å². The summed E-state index contributed by atoms with van der Waals surface area (Å²) in [4.78, 5) is 0. The Balaban J connectivity index is 11.0. The lowest BCUT2D eigenvalue weighted by Crippen LogP contribution is -2.98. The van der Waals surface area contributed by atoms with Crippen LogP contribution < -0.4 is 0 Å². The molecule has 0 radical (unpaired) electrons. The van der Waals surface area contributed by atoms with Crippen LogP contribution in [0.25, 0.3) is 0 Å². The van der Waals surface area contributed by atoms with Gasteiger partial charge in [0.15, 0.2) is 0 Å². The summed E-state index contributed by atoms with van der Waals surface area (Å²) in [7, 11) is -16.3. The van der Waals surface area contributed by atoms with E-state index < -0.39 is 126 Å². The summed E-state index contributed by atoms with van der Waals surface area (Å²) in [5, 5.41) is 0. The maximum absolute atomic E-state index is 16.3. The first kappa shape index (κ1) is 62.1. The van der Waals surface area contributed by atoms with Crippen LogP contribution in [0, 0.1) is 0 Å². The monoisotopic (exact) mass is 1100 g/mol. The van der Waals surface area contributed by atoms with Crippen molar-refractivity contribution in [3.8, 4) is 0 Å². The fourth-order valence-corrected chi connectivity index (χ4v) is 9.29. The molecule has 0 aliphatic heterocycles. The van der Waals surface area contributed by atoms with Crippen LogP contribution in [0.2, 0.25) is 0 Å². The van der Waals surface area contributed by atoms with Gasteiger partial charge in [-0.2, -0.15) is 158 Å². The minimum atomic E-state index is -16.3. The lowest BCUT2D eigenvalue weighted by molar-refractivity contribution is -0.437. The quantitative estimate of drug-likeness (QED) is 0.107. The lowest BCUT2D eigenvalue weighted by Gasteiger charge is -2.57. The summed E-state index contributed by atoms with van der Waals surface area (Å²) in [6.07, 6.45) is -37.4. The zero-order valence-corrected chi connectivity index (χ0v) is 28.1. The van der Waals surface area contributed by atoms with Gasteiger partial charge in [0.25, 0.3) is 0 Å². The second-order valence-electron chi connectivity index (χ2n) is 11.9. The fraction of sp³-hybridized carbons (Fsp3) is 1.00. The molecule has 0 unspecified atom stereocenters.